The number of aliphatic carboxylic acids is 1. The Labute approximate surface area is 74.0 Å². The van der Waals surface area contributed by atoms with Crippen LogP contribution in [-0.4, -0.2) is 39.6 Å². The highest BCUT2D eigenvalue weighted by Crippen LogP contribution is 2.29. The Kier molecular flexibility index (Phi) is 2.94. The van der Waals surface area contributed by atoms with E-state index < -0.39 is 10.8 Å². The topological polar surface area (TPSA) is 78.8 Å². The lowest BCUT2D eigenvalue weighted by Crippen LogP contribution is -2.46. The summed E-state index contributed by atoms with van der Waals surface area (Å²) >= 11 is 1.30. The van der Waals surface area contributed by atoms with Crippen molar-refractivity contribution in [2.24, 2.45) is 0 Å². The van der Waals surface area contributed by atoms with Gasteiger partial charge in [0.05, 0.1) is 6.61 Å². The fourth-order valence-corrected chi connectivity index (χ4v) is 2.13. The van der Waals surface area contributed by atoms with E-state index in [1.807, 2.05) is 0 Å². The standard InChI is InChI=1S/C6H11NO4S/c1-6(5(8)9)7-4(2-11-10)3-12-6/h4,7,10H,2-3H2,1H3,(H,8,9). The number of carboxylic acid groups (broad SMARTS) is 1. The minimum absolute atomic E-state index is 0.0962. The number of carbonyl (C=O) groups is 1. The number of carboxylic acids is 1. The average Bonchev–Trinajstić information content (AvgIpc) is 2.34. The van der Waals surface area contributed by atoms with E-state index in [-0.39, 0.29) is 12.6 Å². The first-order valence-electron chi connectivity index (χ1n) is 3.50. The predicted octanol–water partition coefficient (Wildman–Crippen LogP) is -0.0182. The zero-order valence-electron chi connectivity index (χ0n) is 6.61. The molecule has 1 aliphatic heterocycles. The Hall–Kier alpha value is -0.300. The predicted molar refractivity (Wildman–Crippen MR) is 44.0 cm³/mol. The Morgan fingerprint density at radius 1 is 1.92 bits per heavy atom. The van der Waals surface area contributed by atoms with E-state index in [0.717, 1.165) is 0 Å². The Bertz CT molecular complexity index is 188. The van der Waals surface area contributed by atoms with Gasteiger partial charge in [0.2, 0.25) is 0 Å². The van der Waals surface area contributed by atoms with Crippen molar-refractivity contribution in [3.05, 3.63) is 0 Å². The normalized spacial score (nSPS) is 35.3. The molecule has 1 rings (SSSR count). The SMILES string of the molecule is CC1(C(=O)O)NC(COO)CS1. The van der Waals surface area contributed by atoms with Gasteiger partial charge in [-0.3, -0.25) is 10.6 Å². The van der Waals surface area contributed by atoms with Crippen molar-refractivity contribution in [3.63, 3.8) is 0 Å². The molecule has 1 aliphatic rings. The summed E-state index contributed by atoms with van der Waals surface area (Å²) in [4.78, 5) is 13.7. The molecule has 70 valence electrons. The van der Waals surface area contributed by atoms with Gasteiger partial charge >= 0.3 is 5.97 Å². The molecule has 0 aromatic carbocycles. The smallest absolute Gasteiger partial charge is 0.334 e. The van der Waals surface area contributed by atoms with Gasteiger partial charge in [-0.1, -0.05) is 0 Å². The zero-order chi connectivity index (χ0) is 9.19. The lowest BCUT2D eigenvalue weighted by Gasteiger charge is -2.18. The summed E-state index contributed by atoms with van der Waals surface area (Å²) < 4.78 is 0. The summed E-state index contributed by atoms with van der Waals surface area (Å²) in [6, 6.07) is -0.0962. The van der Waals surface area contributed by atoms with Gasteiger partial charge in [0.25, 0.3) is 0 Å². The van der Waals surface area contributed by atoms with Gasteiger partial charge in [-0.2, -0.15) is 0 Å². The lowest BCUT2D eigenvalue weighted by molar-refractivity contribution is -0.245. The Morgan fingerprint density at radius 3 is 3.00 bits per heavy atom. The Balaban J connectivity index is 2.49. The van der Waals surface area contributed by atoms with Crippen LogP contribution in [0.25, 0.3) is 0 Å². The van der Waals surface area contributed by atoms with Crippen molar-refractivity contribution in [1.82, 2.24) is 5.32 Å². The van der Waals surface area contributed by atoms with Crippen LogP contribution < -0.4 is 5.32 Å². The molecule has 1 fully saturated rings. The van der Waals surface area contributed by atoms with Gasteiger partial charge in [-0.25, -0.2) is 9.68 Å². The maximum Gasteiger partial charge on any atom is 0.334 e. The molecule has 0 saturated carbocycles. The molecular weight excluding hydrogens is 182 g/mol. The Morgan fingerprint density at radius 2 is 2.58 bits per heavy atom. The summed E-state index contributed by atoms with van der Waals surface area (Å²) in [7, 11) is 0. The van der Waals surface area contributed by atoms with Crippen LogP contribution >= 0.6 is 11.8 Å². The molecule has 2 atom stereocenters. The number of hydrogen-bond acceptors (Lipinski definition) is 5. The maximum atomic E-state index is 10.7. The van der Waals surface area contributed by atoms with E-state index in [1.165, 1.54) is 11.8 Å². The number of nitrogens with one attached hydrogen (secondary N) is 1. The van der Waals surface area contributed by atoms with E-state index in [1.54, 1.807) is 6.92 Å². The second kappa shape index (κ2) is 3.61. The molecule has 12 heavy (non-hydrogen) atoms. The molecule has 0 bridgehead atoms. The maximum absolute atomic E-state index is 10.7. The van der Waals surface area contributed by atoms with Crippen LogP contribution in [-0.2, 0) is 9.68 Å². The van der Waals surface area contributed by atoms with Crippen molar-refractivity contribution in [3.8, 4) is 0 Å². The first-order chi connectivity index (χ1) is 5.58. The number of hydrogen-bond donors (Lipinski definition) is 3. The van der Waals surface area contributed by atoms with Crippen LogP contribution in [0.1, 0.15) is 6.92 Å². The van der Waals surface area contributed by atoms with Crippen LogP contribution in [0.5, 0.6) is 0 Å². The lowest BCUT2D eigenvalue weighted by atomic mass is 10.3. The first-order valence-corrected chi connectivity index (χ1v) is 4.48. The molecule has 0 aliphatic carbocycles. The second-order valence-corrected chi connectivity index (χ2v) is 4.22. The van der Waals surface area contributed by atoms with Crippen LogP contribution in [0, 0.1) is 0 Å². The van der Waals surface area contributed by atoms with E-state index >= 15 is 0 Å². The molecule has 2 unspecified atom stereocenters. The van der Waals surface area contributed by atoms with Gasteiger partial charge in [0.1, 0.15) is 0 Å². The average molecular weight is 193 g/mol. The van der Waals surface area contributed by atoms with Gasteiger partial charge in [0.15, 0.2) is 4.87 Å². The van der Waals surface area contributed by atoms with Gasteiger partial charge < -0.3 is 5.11 Å². The zero-order valence-corrected chi connectivity index (χ0v) is 7.43. The van der Waals surface area contributed by atoms with Gasteiger partial charge in [-0.15, -0.1) is 11.8 Å². The second-order valence-electron chi connectivity index (χ2n) is 2.79. The molecule has 0 spiro atoms. The molecule has 0 aromatic rings. The third kappa shape index (κ3) is 1.89. The third-order valence-corrected chi connectivity index (χ3v) is 3.18. The molecule has 3 N–H and O–H groups in total. The highest BCUT2D eigenvalue weighted by molar-refractivity contribution is 8.01. The van der Waals surface area contributed by atoms with Gasteiger partial charge in [-0.05, 0) is 6.92 Å². The largest absolute Gasteiger partial charge is 0.479 e. The summed E-state index contributed by atoms with van der Waals surface area (Å²) in [5.41, 5.74) is 0. The molecule has 0 aromatic heterocycles. The third-order valence-electron chi connectivity index (χ3n) is 1.74. The van der Waals surface area contributed by atoms with Crippen LogP contribution in [0.3, 0.4) is 0 Å². The van der Waals surface area contributed by atoms with Crippen molar-refractivity contribution in [2.45, 2.75) is 17.8 Å². The van der Waals surface area contributed by atoms with E-state index in [9.17, 15) is 4.79 Å². The number of thioether (sulfide) groups is 1. The van der Waals surface area contributed by atoms with Crippen molar-refractivity contribution >= 4 is 17.7 Å². The van der Waals surface area contributed by atoms with Crippen LogP contribution in [0.2, 0.25) is 0 Å². The fraction of sp³-hybridized carbons (Fsp3) is 0.833. The molecule has 5 nitrogen and oxygen atoms in total. The molecule has 6 heteroatoms. The fourth-order valence-electron chi connectivity index (χ4n) is 1.04. The minimum Gasteiger partial charge on any atom is -0.479 e. The first kappa shape index (κ1) is 9.79. The minimum atomic E-state index is -0.941. The number of rotatable bonds is 3. The monoisotopic (exact) mass is 193 g/mol. The van der Waals surface area contributed by atoms with Crippen molar-refractivity contribution < 1.29 is 20.0 Å². The summed E-state index contributed by atoms with van der Waals surface area (Å²) in [6.07, 6.45) is 0. The van der Waals surface area contributed by atoms with Crippen molar-refractivity contribution in [1.29, 1.82) is 0 Å². The summed E-state index contributed by atoms with van der Waals surface area (Å²) in [5.74, 6) is -0.267. The highest BCUT2D eigenvalue weighted by Gasteiger charge is 2.41. The van der Waals surface area contributed by atoms with Crippen molar-refractivity contribution in [2.75, 3.05) is 12.4 Å². The molecule has 0 amide bonds. The summed E-state index contributed by atoms with van der Waals surface area (Å²) in [6.45, 7) is 1.72. The molecular formula is C6H11NO4S. The van der Waals surface area contributed by atoms with E-state index in [0.29, 0.717) is 5.75 Å². The van der Waals surface area contributed by atoms with Crippen LogP contribution in [0.4, 0.5) is 0 Å². The van der Waals surface area contributed by atoms with E-state index in [2.05, 4.69) is 10.2 Å². The summed E-state index contributed by atoms with van der Waals surface area (Å²) in [5, 5.41) is 19.8. The molecule has 0 radical (unpaired) electrons. The molecule has 1 saturated heterocycles. The highest BCUT2D eigenvalue weighted by atomic mass is 32.2. The van der Waals surface area contributed by atoms with E-state index in [4.69, 9.17) is 10.4 Å². The quantitative estimate of drug-likeness (QED) is 0.432. The van der Waals surface area contributed by atoms with Crippen LogP contribution in [0.15, 0.2) is 0 Å². The molecule has 1 heterocycles. The van der Waals surface area contributed by atoms with Gasteiger partial charge in [0, 0.05) is 11.8 Å².